The van der Waals surface area contributed by atoms with E-state index in [9.17, 15) is 9.59 Å². The van der Waals surface area contributed by atoms with Crippen molar-refractivity contribution in [2.24, 2.45) is 0 Å². The van der Waals surface area contributed by atoms with Crippen LogP contribution in [0.15, 0.2) is 24.3 Å². The van der Waals surface area contributed by atoms with Crippen molar-refractivity contribution in [3.05, 3.63) is 24.3 Å². The van der Waals surface area contributed by atoms with Crippen molar-refractivity contribution in [3.63, 3.8) is 0 Å². The molecule has 0 fully saturated rings. The van der Waals surface area contributed by atoms with Crippen molar-refractivity contribution in [1.29, 1.82) is 0 Å². The minimum absolute atomic E-state index is 0.231. The van der Waals surface area contributed by atoms with Gasteiger partial charge in [0.25, 0.3) is 0 Å². The van der Waals surface area contributed by atoms with Crippen LogP contribution in [-0.2, 0) is 23.8 Å². The van der Waals surface area contributed by atoms with Crippen LogP contribution in [0.5, 0.6) is 5.75 Å². The minimum atomic E-state index is -0.633. The number of rotatable bonds is 0. The van der Waals surface area contributed by atoms with Crippen LogP contribution in [0.1, 0.15) is 0 Å². The molecule has 2 rings (SSSR count). The summed E-state index contributed by atoms with van der Waals surface area (Å²) in [6.07, 6.45) is 0. The number of para-hydroxylation sites is 2. The first-order chi connectivity index (χ1) is 12.6. The lowest BCUT2D eigenvalue weighted by atomic mass is 10.2. The highest BCUT2D eigenvalue weighted by Gasteiger charge is 2.26. The molecule has 1 aliphatic heterocycles. The molecule has 0 N–H and O–H groups in total. The Labute approximate surface area is 153 Å². The second-order valence-electron chi connectivity index (χ2n) is 5.81. The van der Waals surface area contributed by atoms with Crippen LogP contribution in [0, 0.1) is 0 Å². The average Bonchev–Trinajstić information content (AvgIpc) is 2.65. The van der Waals surface area contributed by atoms with Crippen molar-refractivity contribution < 1.29 is 28.5 Å². The van der Waals surface area contributed by atoms with E-state index >= 15 is 0 Å². The normalized spacial score (nSPS) is 17.2. The van der Waals surface area contributed by atoms with Gasteiger partial charge in [-0.3, -0.25) is 14.5 Å². The molecule has 0 bridgehead atoms. The molecule has 0 aromatic heterocycles. The van der Waals surface area contributed by atoms with Gasteiger partial charge in [-0.2, -0.15) is 0 Å². The number of nitrogens with zero attached hydrogens (tertiary/aromatic N) is 2. The molecule has 2 amide bonds. The zero-order valence-electron chi connectivity index (χ0n) is 15.3. The Morgan fingerprint density at radius 3 is 2.12 bits per heavy atom. The topological polar surface area (TPSA) is 77.5 Å². The third-order valence-corrected chi connectivity index (χ3v) is 3.68. The van der Waals surface area contributed by atoms with E-state index in [1.807, 2.05) is 6.07 Å². The number of likely N-dealkylation sites (N-methyl/N-ethyl adjacent to an activating group) is 1. The minimum Gasteiger partial charge on any atom is -0.489 e. The van der Waals surface area contributed by atoms with Crippen molar-refractivity contribution in [2.45, 2.75) is 0 Å². The average molecular weight is 366 g/mol. The lowest BCUT2D eigenvalue weighted by molar-refractivity contribution is -0.142. The van der Waals surface area contributed by atoms with E-state index in [0.29, 0.717) is 51.1 Å². The van der Waals surface area contributed by atoms with E-state index in [1.54, 1.807) is 32.3 Å². The van der Waals surface area contributed by atoms with E-state index in [2.05, 4.69) is 0 Å². The second kappa shape index (κ2) is 10.7. The Kier molecular flexibility index (Phi) is 8.33. The molecule has 0 saturated carbocycles. The summed E-state index contributed by atoms with van der Waals surface area (Å²) in [5.41, 5.74) is 0.530. The molecular formula is C18H26N2O6. The first-order valence-electron chi connectivity index (χ1n) is 8.59. The molecule has 0 spiro atoms. The Morgan fingerprint density at radius 2 is 1.46 bits per heavy atom. The maximum absolute atomic E-state index is 12.7. The Hall–Kier alpha value is -2.16. The molecule has 1 aromatic carbocycles. The number of amides is 2. The first-order valence-corrected chi connectivity index (χ1v) is 8.59. The number of hydrogen-bond donors (Lipinski definition) is 0. The standard InChI is InChI=1S/C18H26N2O6/c1-19(2)17(21)18(22)20-7-8-23-9-10-24-11-12-25-13-14-26-16-6-4-3-5-15(16)20/h3-6H,7-14H2,1-2H3. The van der Waals surface area contributed by atoms with Gasteiger partial charge in [0.05, 0.1) is 45.3 Å². The van der Waals surface area contributed by atoms with E-state index in [-0.39, 0.29) is 13.2 Å². The summed E-state index contributed by atoms with van der Waals surface area (Å²) in [6.45, 7) is 3.06. The summed E-state index contributed by atoms with van der Waals surface area (Å²) in [4.78, 5) is 27.5. The van der Waals surface area contributed by atoms with Gasteiger partial charge in [0.2, 0.25) is 0 Å². The predicted octanol–water partition coefficient (Wildman–Crippen LogP) is 0.550. The van der Waals surface area contributed by atoms with Crippen LogP contribution < -0.4 is 9.64 Å². The second-order valence-corrected chi connectivity index (χ2v) is 5.81. The summed E-state index contributed by atoms with van der Waals surface area (Å²) in [5, 5.41) is 0. The third kappa shape index (κ3) is 5.98. The van der Waals surface area contributed by atoms with Gasteiger partial charge in [-0.15, -0.1) is 0 Å². The molecule has 0 atom stereocenters. The van der Waals surface area contributed by atoms with E-state index in [4.69, 9.17) is 18.9 Å². The quantitative estimate of drug-likeness (QED) is 0.624. The predicted molar refractivity (Wildman–Crippen MR) is 95.4 cm³/mol. The number of ether oxygens (including phenoxy) is 4. The molecule has 26 heavy (non-hydrogen) atoms. The highest BCUT2D eigenvalue weighted by atomic mass is 16.6. The van der Waals surface area contributed by atoms with Gasteiger partial charge in [-0.1, -0.05) is 12.1 Å². The van der Waals surface area contributed by atoms with Crippen LogP contribution in [0.25, 0.3) is 0 Å². The summed E-state index contributed by atoms with van der Waals surface area (Å²) in [5.74, 6) is -0.724. The van der Waals surface area contributed by atoms with Crippen molar-refractivity contribution in [2.75, 3.05) is 71.8 Å². The third-order valence-electron chi connectivity index (χ3n) is 3.68. The van der Waals surface area contributed by atoms with Crippen LogP contribution in [0.3, 0.4) is 0 Å². The number of carbonyl (C=O) groups excluding carboxylic acids is 2. The van der Waals surface area contributed by atoms with Gasteiger partial charge >= 0.3 is 11.8 Å². The summed E-state index contributed by atoms with van der Waals surface area (Å²) in [6, 6.07) is 7.12. The van der Waals surface area contributed by atoms with Crippen LogP contribution >= 0.6 is 0 Å². The van der Waals surface area contributed by atoms with Gasteiger partial charge in [0.1, 0.15) is 12.4 Å². The fourth-order valence-electron chi connectivity index (χ4n) is 2.35. The SMILES string of the molecule is CN(C)C(=O)C(=O)N1CCOCCOCCOCCOc2ccccc21. The van der Waals surface area contributed by atoms with Crippen molar-refractivity contribution >= 4 is 17.5 Å². The van der Waals surface area contributed by atoms with Crippen molar-refractivity contribution in [3.8, 4) is 5.75 Å². The van der Waals surface area contributed by atoms with Crippen LogP contribution in [-0.4, -0.2) is 83.6 Å². The molecule has 1 aromatic rings. The zero-order valence-corrected chi connectivity index (χ0v) is 15.3. The van der Waals surface area contributed by atoms with Gasteiger partial charge in [-0.25, -0.2) is 0 Å². The fourth-order valence-corrected chi connectivity index (χ4v) is 2.35. The van der Waals surface area contributed by atoms with Gasteiger partial charge in [0, 0.05) is 20.6 Å². The molecular weight excluding hydrogens is 340 g/mol. The Morgan fingerprint density at radius 1 is 0.885 bits per heavy atom. The molecule has 0 unspecified atom stereocenters. The smallest absolute Gasteiger partial charge is 0.316 e. The summed E-state index contributed by atoms with van der Waals surface area (Å²) >= 11 is 0. The number of benzene rings is 1. The number of anilines is 1. The van der Waals surface area contributed by atoms with Gasteiger partial charge < -0.3 is 23.8 Å². The number of fused-ring (bicyclic) bond motifs is 1. The molecule has 1 aliphatic rings. The molecule has 0 saturated heterocycles. The molecule has 8 heteroatoms. The Balaban J connectivity index is 2.22. The van der Waals surface area contributed by atoms with Crippen LogP contribution in [0.2, 0.25) is 0 Å². The molecule has 8 nitrogen and oxygen atoms in total. The largest absolute Gasteiger partial charge is 0.489 e. The highest BCUT2D eigenvalue weighted by Crippen LogP contribution is 2.28. The number of carbonyl (C=O) groups is 2. The van der Waals surface area contributed by atoms with E-state index < -0.39 is 11.8 Å². The first kappa shape index (κ1) is 20.2. The maximum Gasteiger partial charge on any atom is 0.316 e. The lowest BCUT2D eigenvalue weighted by Gasteiger charge is -2.25. The van der Waals surface area contributed by atoms with Crippen molar-refractivity contribution in [1.82, 2.24) is 4.90 Å². The molecule has 1 heterocycles. The maximum atomic E-state index is 12.7. The summed E-state index contributed by atoms with van der Waals surface area (Å²) in [7, 11) is 3.09. The molecule has 0 aliphatic carbocycles. The highest BCUT2D eigenvalue weighted by molar-refractivity contribution is 6.40. The fraction of sp³-hybridized carbons (Fsp3) is 0.556. The van der Waals surface area contributed by atoms with E-state index in [1.165, 1.54) is 9.80 Å². The van der Waals surface area contributed by atoms with Gasteiger partial charge in [0.15, 0.2) is 0 Å². The molecule has 144 valence electrons. The van der Waals surface area contributed by atoms with Crippen LogP contribution in [0.4, 0.5) is 5.69 Å². The van der Waals surface area contributed by atoms with E-state index in [0.717, 1.165) is 0 Å². The summed E-state index contributed by atoms with van der Waals surface area (Å²) < 4.78 is 22.1. The Bertz CT molecular complexity index is 593. The number of hydrogen-bond acceptors (Lipinski definition) is 6. The lowest BCUT2D eigenvalue weighted by Crippen LogP contribution is -2.44. The zero-order chi connectivity index (χ0) is 18.8. The molecule has 0 radical (unpaired) electrons. The van der Waals surface area contributed by atoms with Gasteiger partial charge in [-0.05, 0) is 12.1 Å². The monoisotopic (exact) mass is 366 g/mol.